The molecule has 0 atom stereocenters. The second-order valence-corrected chi connectivity index (χ2v) is 10.7. The number of hydrogen-bond acceptors (Lipinski definition) is 2. The Bertz CT molecular complexity index is 875. The van der Waals surface area contributed by atoms with Crippen LogP contribution in [0.25, 0.3) is 0 Å². The Morgan fingerprint density at radius 1 is 0.700 bits per heavy atom. The van der Waals surface area contributed by atoms with Crippen molar-refractivity contribution in [2.75, 3.05) is 5.75 Å². The molecule has 3 heteroatoms. The molecule has 0 aliphatic rings. The third-order valence-electron chi connectivity index (χ3n) is 5.19. The van der Waals surface area contributed by atoms with E-state index < -0.39 is 9.84 Å². The van der Waals surface area contributed by atoms with Crippen LogP contribution in [-0.2, 0) is 9.84 Å². The maximum Gasteiger partial charge on any atom is 0.181 e. The number of benzene rings is 1. The van der Waals surface area contributed by atoms with Gasteiger partial charge in [-0.05, 0) is 92.2 Å². The van der Waals surface area contributed by atoms with Crippen molar-refractivity contribution in [1.82, 2.24) is 0 Å². The van der Waals surface area contributed by atoms with Crippen LogP contribution >= 0.6 is 0 Å². The summed E-state index contributed by atoms with van der Waals surface area (Å²) in [5.41, 5.74) is 6.46. The van der Waals surface area contributed by atoms with Gasteiger partial charge in [-0.2, -0.15) is 0 Å². The fraction of sp³-hybridized carbons (Fsp3) is 0.481. The molecular formula is C27H40O2S. The van der Waals surface area contributed by atoms with Crippen molar-refractivity contribution in [2.24, 2.45) is 0 Å². The molecule has 0 aliphatic heterocycles. The molecule has 0 aliphatic carbocycles. The molecule has 1 aromatic carbocycles. The zero-order valence-electron chi connectivity index (χ0n) is 19.8. The van der Waals surface area contributed by atoms with Crippen LogP contribution < -0.4 is 0 Å². The van der Waals surface area contributed by atoms with E-state index in [1.165, 1.54) is 16.7 Å². The Kier molecular flexibility index (Phi) is 11.7. The van der Waals surface area contributed by atoms with E-state index in [1.54, 1.807) is 12.1 Å². The largest absolute Gasteiger partial charge is 0.223 e. The topological polar surface area (TPSA) is 34.1 Å². The van der Waals surface area contributed by atoms with E-state index in [2.05, 4.69) is 45.9 Å². The highest BCUT2D eigenvalue weighted by Gasteiger charge is 2.12. The minimum Gasteiger partial charge on any atom is -0.223 e. The molecule has 1 rings (SSSR count). The molecule has 1 aromatic rings. The first kappa shape index (κ1) is 26.2. The number of hydrogen-bond donors (Lipinski definition) is 0. The van der Waals surface area contributed by atoms with Crippen LogP contribution in [0.5, 0.6) is 0 Å². The third-order valence-corrected chi connectivity index (χ3v) is 6.78. The van der Waals surface area contributed by atoms with Crippen LogP contribution in [0.15, 0.2) is 75.8 Å². The van der Waals surface area contributed by atoms with E-state index in [9.17, 15) is 8.42 Å². The Morgan fingerprint density at radius 2 is 1.13 bits per heavy atom. The predicted octanol–water partition coefficient (Wildman–Crippen LogP) is 7.91. The minimum atomic E-state index is -3.25. The average molecular weight is 429 g/mol. The summed E-state index contributed by atoms with van der Waals surface area (Å²) >= 11 is 0. The van der Waals surface area contributed by atoms with E-state index in [4.69, 9.17) is 0 Å². The standard InChI is InChI=1S/C27H40O2S/c1-22(2)10-7-11-23(3)12-8-13-24(4)14-9-15-25(5)20-21-30(28,29)27-18-16-26(6)17-19-27/h10,12,14,16-20H,7-9,11,13,15,21H2,1-6H3/b23-12+,24-14+,25-20+. The Labute approximate surface area is 185 Å². The number of rotatable bonds is 12. The summed E-state index contributed by atoms with van der Waals surface area (Å²) in [6.07, 6.45) is 15.1. The van der Waals surface area contributed by atoms with Crippen molar-refractivity contribution < 1.29 is 8.42 Å². The van der Waals surface area contributed by atoms with Crippen LogP contribution in [0.3, 0.4) is 0 Å². The summed E-state index contributed by atoms with van der Waals surface area (Å²) in [4.78, 5) is 0.400. The van der Waals surface area contributed by atoms with Crippen molar-refractivity contribution >= 4 is 9.84 Å². The zero-order valence-corrected chi connectivity index (χ0v) is 20.6. The summed E-state index contributed by atoms with van der Waals surface area (Å²) in [5, 5.41) is 0. The van der Waals surface area contributed by atoms with Crippen LogP contribution in [0.4, 0.5) is 0 Å². The quantitative estimate of drug-likeness (QED) is 0.317. The summed E-state index contributed by atoms with van der Waals surface area (Å²) < 4.78 is 24.9. The van der Waals surface area contributed by atoms with Gasteiger partial charge in [0.15, 0.2) is 9.84 Å². The summed E-state index contributed by atoms with van der Waals surface area (Å²) in [6.45, 7) is 12.7. The highest BCUT2D eigenvalue weighted by atomic mass is 32.2. The van der Waals surface area contributed by atoms with E-state index in [0.717, 1.165) is 49.7 Å². The molecule has 2 nitrogen and oxygen atoms in total. The highest BCUT2D eigenvalue weighted by Crippen LogP contribution is 2.16. The van der Waals surface area contributed by atoms with Gasteiger partial charge in [-0.25, -0.2) is 8.42 Å². The van der Waals surface area contributed by atoms with Gasteiger partial charge in [-0.3, -0.25) is 0 Å². The van der Waals surface area contributed by atoms with E-state index in [1.807, 2.05) is 32.1 Å². The summed E-state index contributed by atoms with van der Waals surface area (Å²) in [7, 11) is -3.25. The first-order valence-electron chi connectivity index (χ1n) is 11.0. The molecule has 0 saturated heterocycles. The number of sulfone groups is 1. The molecule has 0 aromatic heterocycles. The normalized spacial score (nSPS) is 13.5. The molecule has 0 bridgehead atoms. The van der Waals surface area contributed by atoms with Gasteiger partial charge >= 0.3 is 0 Å². The van der Waals surface area contributed by atoms with Gasteiger partial charge in [0, 0.05) is 0 Å². The highest BCUT2D eigenvalue weighted by molar-refractivity contribution is 7.91. The summed E-state index contributed by atoms with van der Waals surface area (Å²) in [5.74, 6) is 0.0708. The lowest BCUT2D eigenvalue weighted by Crippen LogP contribution is -2.05. The van der Waals surface area contributed by atoms with Gasteiger partial charge in [0.05, 0.1) is 10.6 Å². The fourth-order valence-electron chi connectivity index (χ4n) is 3.08. The Balaban J connectivity index is 2.41. The van der Waals surface area contributed by atoms with E-state index in [0.29, 0.717) is 4.90 Å². The monoisotopic (exact) mass is 428 g/mol. The lowest BCUT2D eigenvalue weighted by Gasteiger charge is -2.04. The molecule has 30 heavy (non-hydrogen) atoms. The van der Waals surface area contributed by atoms with Crippen molar-refractivity contribution in [3.63, 3.8) is 0 Å². The van der Waals surface area contributed by atoms with Gasteiger partial charge in [0.2, 0.25) is 0 Å². The molecule has 0 radical (unpaired) electrons. The molecular weight excluding hydrogens is 388 g/mol. The van der Waals surface area contributed by atoms with Gasteiger partial charge in [-0.15, -0.1) is 0 Å². The van der Waals surface area contributed by atoms with Crippen LogP contribution in [-0.4, -0.2) is 14.2 Å². The molecule has 0 N–H and O–H groups in total. The van der Waals surface area contributed by atoms with Crippen LogP contribution in [0.1, 0.15) is 78.7 Å². The Morgan fingerprint density at radius 3 is 1.60 bits per heavy atom. The van der Waals surface area contributed by atoms with Crippen molar-refractivity contribution in [3.05, 3.63) is 76.4 Å². The van der Waals surface area contributed by atoms with Crippen molar-refractivity contribution in [3.8, 4) is 0 Å². The van der Waals surface area contributed by atoms with Crippen LogP contribution in [0, 0.1) is 6.92 Å². The molecule has 0 saturated carbocycles. The SMILES string of the molecule is CC(C)=CCC/C(C)=C/CC/C(C)=C/CC/C(C)=C/CS(=O)(=O)c1ccc(C)cc1. The maximum absolute atomic E-state index is 12.4. The zero-order chi connectivity index (χ0) is 22.6. The molecule has 0 heterocycles. The molecule has 0 amide bonds. The number of allylic oxidation sites excluding steroid dienone is 7. The van der Waals surface area contributed by atoms with Crippen LogP contribution in [0.2, 0.25) is 0 Å². The van der Waals surface area contributed by atoms with E-state index in [-0.39, 0.29) is 5.75 Å². The Hall–Kier alpha value is -1.87. The average Bonchev–Trinajstić information content (AvgIpc) is 2.66. The van der Waals surface area contributed by atoms with Gasteiger partial charge in [0.25, 0.3) is 0 Å². The van der Waals surface area contributed by atoms with Crippen molar-refractivity contribution in [1.29, 1.82) is 0 Å². The first-order valence-corrected chi connectivity index (χ1v) is 12.6. The minimum absolute atomic E-state index is 0.0708. The maximum atomic E-state index is 12.4. The van der Waals surface area contributed by atoms with E-state index >= 15 is 0 Å². The molecule has 0 spiro atoms. The lowest BCUT2D eigenvalue weighted by atomic mass is 10.0. The van der Waals surface area contributed by atoms with Crippen molar-refractivity contribution in [2.45, 2.75) is 85.0 Å². The molecule has 0 fully saturated rings. The van der Waals surface area contributed by atoms with Gasteiger partial charge in [0.1, 0.15) is 0 Å². The fourth-order valence-corrected chi connectivity index (χ4v) is 4.33. The first-order chi connectivity index (χ1) is 14.1. The predicted molar refractivity (Wildman–Crippen MR) is 132 cm³/mol. The molecule has 0 unspecified atom stereocenters. The third kappa shape index (κ3) is 11.3. The second kappa shape index (κ2) is 13.4. The van der Waals surface area contributed by atoms with Gasteiger partial charge in [-0.1, -0.05) is 64.3 Å². The molecule has 166 valence electrons. The summed E-state index contributed by atoms with van der Waals surface area (Å²) in [6, 6.07) is 7.07. The number of aryl methyl sites for hydroxylation is 1. The smallest absolute Gasteiger partial charge is 0.181 e. The lowest BCUT2D eigenvalue weighted by molar-refractivity contribution is 0.599. The van der Waals surface area contributed by atoms with Gasteiger partial charge < -0.3 is 0 Å². The second-order valence-electron chi connectivity index (χ2n) is 8.64.